The van der Waals surface area contributed by atoms with Gasteiger partial charge in [0, 0.05) is 10.9 Å². The Morgan fingerprint density at radius 2 is 1.59 bits per heavy atom. The summed E-state index contributed by atoms with van der Waals surface area (Å²) in [5.74, 6) is 0.871. The zero-order valence-corrected chi connectivity index (χ0v) is 10.3. The molecule has 1 nitrogen and oxygen atoms in total. The minimum atomic E-state index is 0.871. The van der Waals surface area contributed by atoms with Gasteiger partial charge in [0.1, 0.15) is 5.75 Å². The molecule has 0 saturated heterocycles. The Bertz CT molecular complexity index is 594. The van der Waals surface area contributed by atoms with Crippen LogP contribution in [-0.2, 0) is 0 Å². The molecule has 0 aliphatic rings. The molecule has 86 valence electrons. The molecule has 1 heteroatoms. The lowest BCUT2D eigenvalue weighted by Crippen LogP contribution is -1.95. The molecule has 0 fully saturated rings. The van der Waals surface area contributed by atoms with Crippen LogP contribution in [0, 0.1) is 6.92 Å². The van der Waals surface area contributed by atoms with Crippen LogP contribution in [-0.4, -0.2) is 7.11 Å². The summed E-state index contributed by atoms with van der Waals surface area (Å²) in [5, 5.41) is 2.32. The van der Waals surface area contributed by atoms with Gasteiger partial charge in [-0.3, -0.25) is 0 Å². The Balaban J connectivity index is 3.03. The van der Waals surface area contributed by atoms with Crippen molar-refractivity contribution in [1.29, 1.82) is 0 Å². The summed E-state index contributed by atoms with van der Waals surface area (Å²) in [7, 11) is 1.69. The fourth-order valence-corrected chi connectivity index (χ4v) is 2.31. The number of hydrogen-bond acceptors (Lipinski definition) is 1. The van der Waals surface area contributed by atoms with E-state index in [1.165, 1.54) is 10.9 Å². The van der Waals surface area contributed by atoms with E-state index in [0.29, 0.717) is 0 Å². The largest absolute Gasteiger partial charge is 0.495 e. The molecule has 2 aromatic carbocycles. The van der Waals surface area contributed by atoms with E-state index < -0.39 is 0 Å². The van der Waals surface area contributed by atoms with E-state index in [2.05, 4.69) is 32.2 Å². The van der Waals surface area contributed by atoms with Gasteiger partial charge in [0.05, 0.1) is 7.11 Å². The van der Waals surface area contributed by atoms with Gasteiger partial charge in [-0.25, -0.2) is 0 Å². The van der Waals surface area contributed by atoms with Gasteiger partial charge < -0.3 is 4.74 Å². The first-order valence-corrected chi connectivity index (χ1v) is 5.58. The summed E-state index contributed by atoms with van der Waals surface area (Å²) < 4.78 is 5.53. The SMILES string of the molecule is C=Cc1c(C=C)c(OC)c2ccccc2c1C. The first-order chi connectivity index (χ1) is 8.24. The highest BCUT2D eigenvalue weighted by Crippen LogP contribution is 2.36. The van der Waals surface area contributed by atoms with Crippen molar-refractivity contribution in [3.63, 3.8) is 0 Å². The van der Waals surface area contributed by atoms with Crippen molar-refractivity contribution in [3.05, 3.63) is 54.1 Å². The smallest absolute Gasteiger partial charge is 0.134 e. The molecule has 0 heterocycles. The van der Waals surface area contributed by atoms with Crippen LogP contribution < -0.4 is 4.74 Å². The number of aryl methyl sites for hydroxylation is 1. The zero-order chi connectivity index (χ0) is 12.4. The Morgan fingerprint density at radius 3 is 2.12 bits per heavy atom. The molecule has 0 N–H and O–H groups in total. The van der Waals surface area contributed by atoms with Gasteiger partial charge >= 0.3 is 0 Å². The number of methoxy groups -OCH3 is 1. The van der Waals surface area contributed by atoms with E-state index in [1.807, 2.05) is 24.3 Å². The molecule has 0 saturated carbocycles. The highest BCUT2D eigenvalue weighted by Gasteiger charge is 2.13. The summed E-state index contributed by atoms with van der Waals surface area (Å²) in [4.78, 5) is 0. The molecule has 2 rings (SSSR count). The zero-order valence-electron chi connectivity index (χ0n) is 10.3. The van der Waals surface area contributed by atoms with Gasteiger partial charge in [0.25, 0.3) is 0 Å². The van der Waals surface area contributed by atoms with Crippen LogP contribution in [0.3, 0.4) is 0 Å². The lowest BCUT2D eigenvalue weighted by molar-refractivity contribution is 0.419. The van der Waals surface area contributed by atoms with E-state index in [1.54, 1.807) is 7.11 Å². The Labute approximate surface area is 102 Å². The first-order valence-electron chi connectivity index (χ1n) is 5.58. The molecule has 0 unspecified atom stereocenters. The lowest BCUT2D eigenvalue weighted by atomic mass is 9.93. The quantitative estimate of drug-likeness (QED) is 0.748. The number of hydrogen-bond donors (Lipinski definition) is 0. The van der Waals surface area contributed by atoms with Gasteiger partial charge in [0.2, 0.25) is 0 Å². The van der Waals surface area contributed by atoms with Crippen LogP contribution in [0.5, 0.6) is 5.75 Å². The van der Waals surface area contributed by atoms with Crippen LogP contribution in [0.25, 0.3) is 22.9 Å². The second-order valence-electron chi connectivity index (χ2n) is 3.94. The van der Waals surface area contributed by atoms with Crippen molar-refractivity contribution in [2.75, 3.05) is 7.11 Å². The number of benzene rings is 2. The van der Waals surface area contributed by atoms with E-state index >= 15 is 0 Å². The highest BCUT2D eigenvalue weighted by atomic mass is 16.5. The molecular weight excluding hydrogens is 208 g/mol. The average Bonchev–Trinajstić information content (AvgIpc) is 2.38. The van der Waals surface area contributed by atoms with Crippen LogP contribution in [0.2, 0.25) is 0 Å². The molecule has 0 aliphatic carbocycles. The van der Waals surface area contributed by atoms with Gasteiger partial charge in [-0.1, -0.05) is 49.6 Å². The average molecular weight is 224 g/mol. The summed E-state index contributed by atoms with van der Waals surface area (Å²) in [5.41, 5.74) is 3.32. The standard InChI is InChI=1S/C16H16O/c1-5-12-11(3)14-9-7-8-10-15(14)16(17-4)13(12)6-2/h5-10H,1-2H2,3-4H3. The normalized spacial score (nSPS) is 10.2. The van der Waals surface area contributed by atoms with Crippen molar-refractivity contribution in [1.82, 2.24) is 0 Å². The van der Waals surface area contributed by atoms with Crippen molar-refractivity contribution < 1.29 is 4.74 Å². The molecule has 0 atom stereocenters. The fraction of sp³-hybridized carbons (Fsp3) is 0.125. The Hall–Kier alpha value is -2.02. The summed E-state index contributed by atoms with van der Waals surface area (Å²) >= 11 is 0. The van der Waals surface area contributed by atoms with Gasteiger partial charge in [0.15, 0.2) is 0 Å². The number of ether oxygens (including phenoxy) is 1. The van der Waals surface area contributed by atoms with Crippen LogP contribution in [0.4, 0.5) is 0 Å². The van der Waals surface area contributed by atoms with E-state index in [-0.39, 0.29) is 0 Å². The highest BCUT2D eigenvalue weighted by molar-refractivity contribution is 5.97. The predicted octanol–water partition coefficient (Wildman–Crippen LogP) is 4.44. The predicted molar refractivity (Wildman–Crippen MR) is 75.4 cm³/mol. The maximum absolute atomic E-state index is 5.53. The van der Waals surface area contributed by atoms with E-state index in [4.69, 9.17) is 4.74 Å². The molecule has 0 bridgehead atoms. The van der Waals surface area contributed by atoms with E-state index in [0.717, 1.165) is 22.3 Å². The summed E-state index contributed by atoms with van der Waals surface area (Å²) in [6.45, 7) is 9.85. The number of fused-ring (bicyclic) bond motifs is 1. The van der Waals surface area contributed by atoms with Gasteiger partial charge in [-0.15, -0.1) is 0 Å². The minimum absolute atomic E-state index is 0.871. The van der Waals surface area contributed by atoms with Gasteiger partial charge in [-0.2, -0.15) is 0 Å². The molecule has 0 radical (unpaired) electrons. The van der Waals surface area contributed by atoms with Crippen LogP contribution >= 0.6 is 0 Å². The molecule has 2 aromatic rings. The van der Waals surface area contributed by atoms with Crippen molar-refractivity contribution >= 4 is 22.9 Å². The second kappa shape index (κ2) is 4.46. The molecule has 0 spiro atoms. The Morgan fingerprint density at radius 1 is 1.00 bits per heavy atom. The monoisotopic (exact) mass is 224 g/mol. The third kappa shape index (κ3) is 1.64. The summed E-state index contributed by atoms with van der Waals surface area (Å²) in [6.07, 6.45) is 3.69. The van der Waals surface area contributed by atoms with Crippen LogP contribution in [0.15, 0.2) is 37.4 Å². The van der Waals surface area contributed by atoms with Crippen LogP contribution in [0.1, 0.15) is 16.7 Å². The lowest BCUT2D eigenvalue weighted by Gasteiger charge is -2.15. The third-order valence-corrected chi connectivity index (χ3v) is 3.13. The third-order valence-electron chi connectivity index (χ3n) is 3.13. The summed E-state index contributed by atoms with van der Waals surface area (Å²) in [6, 6.07) is 8.23. The van der Waals surface area contributed by atoms with Gasteiger partial charge in [-0.05, 0) is 23.4 Å². The Kier molecular flexibility index (Phi) is 3.01. The number of rotatable bonds is 3. The molecule has 0 aromatic heterocycles. The molecule has 0 amide bonds. The maximum atomic E-state index is 5.53. The van der Waals surface area contributed by atoms with Crippen molar-refractivity contribution in [2.45, 2.75) is 6.92 Å². The maximum Gasteiger partial charge on any atom is 0.134 e. The topological polar surface area (TPSA) is 9.23 Å². The fourth-order valence-electron chi connectivity index (χ4n) is 2.31. The first kappa shape index (κ1) is 11.5. The second-order valence-corrected chi connectivity index (χ2v) is 3.94. The van der Waals surface area contributed by atoms with Crippen molar-refractivity contribution in [3.8, 4) is 5.75 Å². The minimum Gasteiger partial charge on any atom is -0.495 e. The molecule has 0 aliphatic heterocycles. The van der Waals surface area contributed by atoms with E-state index in [9.17, 15) is 0 Å². The molecule has 17 heavy (non-hydrogen) atoms. The van der Waals surface area contributed by atoms with Crippen molar-refractivity contribution in [2.24, 2.45) is 0 Å². The molecular formula is C16H16O.